The van der Waals surface area contributed by atoms with Crippen LogP contribution in [0.15, 0.2) is 11.5 Å². The van der Waals surface area contributed by atoms with Gasteiger partial charge in [0, 0.05) is 13.6 Å². The van der Waals surface area contributed by atoms with Gasteiger partial charge in [0.1, 0.15) is 12.2 Å². The second kappa shape index (κ2) is 4.52. The molecular formula is C8H13N7S. The second-order valence-corrected chi connectivity index (χ2v) is 4.12. The summed E-state index contributed by atoms with van der Waals surface area (Å²) in [5.41, 5.74) is 5.59. The van der Waals surface area contributed by atoms with Gasteiger partial charge in [0.25, 0.3) is 0 Å². The van der Waals surface area contributed by atoms with Crippen molar-refractivity contribution in [1.82, 2.24) is 29.5 Å². The fourth-order valence-electron chi connectivity index (χ4n) is 1.24. The summed E-state index contributed by atoms with van der Waals surface area (Å²) in [7, 11) is 1.84. The van der Waals surface area contributed by atoms with Crippen LogP contribution in [0.4, 0.5) is 5.95 Å². The second-order valence-electron chi connectivity index (χ2n) is 3.18. The highest BCUT2D eigenvalue weighted by molar-refractivity contribution is 7.98. The quantitative estimate of drug-likeness (QED) is 0.772. The Morgan fingerprint density at radius 3 is 2.88 bits per heavy atom. The van der Waals surface area contributed by atoms with Crippen LogP contribution in [0, 0.1) is 0 Å². The standard InChI is InChI=1S/C8H13N7S/c1-3-15-6(10-5-11-15)4-16-8-13-12-7(9)14(8)2/h5H,3-4H2,1-2H3,(H2,9,12). The molecule has 0 aliphatic heterocycles. The first-order valence-electron chi connectivity index (χ1n) is 4.86. The van der Waals surface area contributed by atoms with Crippen LogP contribution >= 0.6 is 11.8 Å². The number of anilines is 1. The van der Waals surface area contributed by atoms with Gasteiger partial charge in [0.05, 0.1) is 5.75 Å². The Kier molecular flexibility index (Phi) is 3.09. The molecule has 16 heavy (non-hydrogen) atoms. The molecule has 2 N–H and O–H groups in total. The van der Waals surface area contributed by atoms with E-state index in [2.05, 4.69) is 20.3 Å². The first kappa shape index (κ1) is 10.9. The van der Waals surface area contributed by atoms with Gasteiger partial charge in [-0.1, -0.05) is 11.8 Å². The third-order valence-electron chi connectivity index (χ3n) is 2.19. The predicted molar refractivity (Wildman–Crippen MR) is 60.7 cm³/mol. The van der Waals surface area contributed by atoms with E-state index in [0.29, 0.717) is 11.7 Å². The van der Waals surface area contributed by atoms with E-state index in [1.54, 1.807) is 22.7 Å². The molecule has 0 fully saturated rings. The molecule has 0 saturated heterocycles. The van der Waals surface area contributed by atoms with E-state index in [1.165, 1.54) is 0 Å². The van der Waals surface area contributed by atoms with Crippen molar-refractivity contribution in [2.45, 2.75) is 24.4 Å². The normalized spacial score (nSPS) is 10.9. The molecule has 7 nitrogen and oxygen atoms in total. The maximum Gasteiger partial charge on any atom is 0.222 e. The van der Waals surface area contributed by atoms with Crippen LogP contribution < -0.4 is 5.73 Å². The lowest BCUT2D eigenvalue weighted by Gasteiger charge is -2.02. The van der Waals surface area contributed by atoms with Crippen molar-refractivity contribution in [3.05, 3.63) is 12.2 Å². The molecule has 86 valence electrons. The molecule has 0 unspecified atom stereocenters. The largest absolute Gasteiger partial charge is 0.368 e. The third kappa shape index (κ3) is 2.01. The van der Waals surface area contributed by atoms with Gasteiger partial charge < -0.3 is 5.73 Å². The average molecular weight is 239 g/mol. The van der Waals surface area contributed by atoms with Crippen molar-refractivity contribution in [3.63, 3.8) is 0 Å². The average Bonchev–Trinajstić information content (AvgIpc) is 2.86. The number of hydrogen-bond donors (Lipinski definition) is 1. The first-order chi connectivity index (χ1) is 7.72. The van der Waals surface area contributed by atoms with Crippen molar-refractivity contribution in [2.75, 3.05) is 5.73 Å². The molecule has 0 aliphatic carbocycles. The Bertz CT molecular complexity index is 474. The highest BCUT2D eigenvalue weighted by Crippen LogP contribution is 2.20. The molecule has 0 spiro atoms. The maximum absolute atomic E-state index is 5.59. The minimum Gasteiger partial charge on any atom is -0.368 e. The van der Waals surface area contributed by atoms with E-state index in [4.69, 9.17) is 5.73 Å². The van der Waals surface area contributed by atoms with Crippen LogP contribution in [-0.2, 0) is 19.3 Å². The molecular weight excluding hydrogens is 226 g/mol. The van der Waals surface area contributed by atoms with Gasteiger partial charge in [-0.3, -0.25) is 4.57 Å². The van der Waals surface area contributed by atoms with Gasteiger partial charge in [-0.2, -0.15) is 5.10 Å². The Hall–Kier alpha value is -1.57. The minimum atomic E-state index is 0.416. The monoisotopic (exact) mass is 239 g/mol. The van der Waals surface area contributed by atoms with E-state index in [1.807, 2.05) is 18.7 Å². The van der Waals surface area contributed by atoms with Crippen LogP contribution in [0.25, 0.3) is 0 Å². The Labute approximate surface area is 97.1 Å². The van der Waals surface area contributed by atoms with Gasteiger partial charge in [0.2, 0.25) is 5.95 Å². The molecule has 0 bridgehead atoms. The molecule has 8 heteroatoms. The zero-order chi connectivity index (χ0) is 11.5. The zero-order valence-electron chi connectivity index (χ0n) is 9.16. The van der Waals surface area contributed by atoms with E-state index in [-0.39, 0.29) is 0 Å². The number of nitrogen functional groups attached to an aromatic ring is 1. The van der Waals surface area contributed by atoms with Crippen LogP contribution in [0.2, 0.25) is 0 Å². The minimum absolute atomic E-state index is 0.416. The molecule has 0 radical (unpaired) electrons. The Morgan fingerprint density at radius 2 is 2.25 bits per heavy atom. The molecule has 0 atom stereocenters. The number of nitrogens with zero attached hydrogens (tertiary/aromatic N) is 6. The van der Waals surface area contributed by atoms with Crippen molar-refractivity contribution in [1.29, 1.82) is 0 Å². The summed E-state index contributed by atoms with van der Waals surface area (Å²) in [6.07, 6.45) is 1.56. The number of thioether (sulfide) groups is 1. The first-order valence-corrected chi connectivity index (χ1v) is 5.85. The van der Waals surface area contributed by atoms with Crippen molar-refractivity contribution >= 4 is 17.7 Å². The zero-order valence-corrected chi connectivity index (χ0v) is 9.98. The summed E-state index contributed by atoms with van der Waals surface area (Å²) in [5, 5.41) is 12.6. The van der Waals surface area contributed by atoms with Gasteiger partial charge in [0.15, 0.2) is 5.16 Å². The van der Waals surface area contributed by atoms with Crippen LogP contribution in [-0.4, -0.2) is 29.5 Å². The van der Waals surface area contributed by atoms with Crippen LogP contribution in [0.1, 0.15) is 12.7 Å². The number of nitrogens with two attached hydrogens (primary N) is 1. The number of aromatic nitrogens is 6. The SMILES string of the molecule is CCn1ncnc1CSc1nnc(N)n1C. The summed E-state index contributed by atoms with van der Waals surface area (Å²) in [5.74, 6) is 2.05. The highest BCUT2D eigenvalue weighted by atomic mass is 32.2. The molecule has 0 amide bonds. The fourth-order valence-corrected chi connectivity index (χ4v) is 2.11. The van der Waals surface area contributed by atoms with E-state index in [0.717, 1.165) is 17.5 Å². The van der Waals surface area contributed by atoms with Crippen molar-refractivity contribution in [3.8, 4) is 0 Å². The Balaban J connectivity index is 2.05. The predicted octanol–water partition coefficient (Wildman–Crippen LogP) is 0.301. The van der Waals surface area contributed by atoms with E-state index < -0.39 is 0 Å². The summed E-state index contributed by atoms with van der Waals surface area (Å²) in [6, 6.07) is 0. The van der Waals surface area contributed by atoms with Crippen molar-refractivity contribution in [2.24, 2.45) is 7.05 Å². The third-order valence-corrected chi connectivity index (χ3v) is 3.21. The summed E-state index contributed by atoms with van der Waals surface area (Å²) in [4.78, 5) is 4.18. The van der Waals surface area contributed by atoms with Gasteiger partial charge in [-0.15, -0.1) is 10.2 Å². The molecule has 2 rings (SSSR count). The highest BCUT2D eigenvalue weighted by Gasteiger charge is 2.09. The van der Waals surface area contributed by atoms with Crippen molar-refractivity contribution < 1.29 is 0 Å². The molecule has 2 aromatic rings. The summed E-state index contributed by atoms with van der Waals surface area (Å²) < 4.78 is 3.60. The van der Waals surface area contributed by atoms with Crippen LogP contribution in [0.5, 0.6) is 0 Å². The van der Waals surface area contributed by atoms with Gasteiger partial charge in [-0.05, 0) is 6.92 Å². The molecule has 0 saturated carbocycles. The topological polar surface area (TPSA) is 87.4 Å². The number of hydrogen-bond acceptors (Lipinski definition) is 6. The van der Waals surface area contributed by atoms with E-state index in [9.17, 15) is 0 Å². The smallest absolute Gasteiger partial charge is 0.222 e. The number of aryl methyl sites for hydroxylation is 1. The fraction of sp³-hybridized carbons (Fsp3) is 0.500. The lowest BCUT2D eigenvalue weighted by Crippen LogP contribution is -2.03. The Morgan fingerprint density at radius 1 is 1.44 bits per heavy atom. The molecule has 2 heterocycles. The molecule has 0 aliphatic rings. The van der Waals surface area contributed by atoms with Crippen LogP contribution in [0.3, 0.4) is 0 Å². The molecule has 2 aromatic heterocycles. The molecule has 0 aromatic carbocycles. The maximum atomic E-state index is 5.59. The van der Waals surface area contributed by atoms with Gasteiger partial charge in [-0.25, -0.2) is 9.67 Å². The lowest BCUT2D eigenvalue weighted by molar-refractivity contribution is 0.632. The number of rotatable bonds is 4. The van der Waals surface area contributed by atoms with Gasteiger partial charge >= 0.3 is 0 Å². The lowest BCUT2D eigenvalue weighted by atomic mass is 10.6. The van der Waals surface area contributed by atoms with E-state index >= 15 is 0 Å². The summed E-state index contributed by atoms with van der Waals surface area (Å²) in [6.45, 7) is 2.85. The summed E-state index contributed by atoms with van der Waals surface area (Å²) >= 11 is 1.54.